The molecule has 4 rings (SSSR count). The molecule has 29 heavy (non-hydrogen) atoms. The number of hydrogen-bond donors (Lipinski definition) is 1. The molecule has 0 aliphatic heterocycles. The number of rotatable bonds is 7. The first-order chi connectivity index (χ1) is 13.9. The van der Waals surface area contributed by atoms with Gasteiger partial charge in [0, 0.05) is 18.0 Å². The summed E-state index contributed by atoms with van der Waals surface area (Å²) in [6.07, 6.45) is 3.20. The third-order valence-corrected chi connectivity index (χ3v) is 4.97. The SMILES string of the molecule is Cc1cc(-n2ccc(OCc3ccc(F)cc3)cc2=O)ccc1OCC1(O)CC1. The molecule has 0 atom stereocenters. The van der Waals surface area contributed by atoms with Crippen LogP contribution < -0.4 is 15.0 Å². The monoisotopic (exact) mass is 395 g/mol. The van der Waals surface area contributed by atoms with Crippen molar-refractivity contribution in [1.29, 1.82) is 0 Å². The molecule has 1 aromatic heterocycles. The Morgan fingerprint density at radius 2 is 1.83 bits per heavy atom. The maximum absolute atomic E-state index is 13.0. The van der Waals surface area contributed by atoms with Crippen molar-refractivity contribution in [1.82, 2.24) is 4.57 Å². The van der Waals surface area contributed by atoms with Gasteiger partial charge in [0.25, 0.3) is 5.56 Å². The quantitative estimate of drug-likeness (QED) is 0.662. The summed E-state index contributed by atoms with van der Waals surface area (Å²) in [6.45, 7) is 2.44. The zero-order chi connectivity index (χ0) is 20.4. The first-order valence-corrected chi connectivity index (χ1v) is 9.48. The first-order valence-electron chi connectivity index (χ1n) is 9.48. The summed E-state index contributed by atoms with van der Waals surface area (Å²) in [5.41, 5.74) is 1.52. The highest BCUT2D eigenvalue weighted by Crippen LogP contribution is 2.35. The molecule has 5 nitrogen and oxygen atoms in total. The topological polar surface area (TPSA) is 60.7 Å². The summed E-state index contributed by atoms with van der Waals surface area (Å²) in [5, 5.41) is 9.91. The maximum Gasteiger partial charge on any atom is 0.258 e. The first kappa shape index (κ1) is 19.2. The third-order valence-electron chi connectivity index (χ3n) is 4.97. The number of aromatic nitrogens is 1. The van der Waals surface area contributed by atoms with E-state index in [1.807, 2.05) is 19.1 Å². The van der Waals surface area contributed by atoms with Crippen molar-refractivity contribution in [2.75, 3.05) is 6.61 Å². The van der Waals surface area contributed by atoms with Crippen LogP contribution in [0.25, 0.3) is 5.69 Å². The smallest absolute Gasteiger partial charge is 0.258 e. The second-order valence-corrected chi connectivity index (χ2v) is 7.45. The van der Waals surface area contributed by atoms with E-state index in [0.29, 0.717) is 11.5 Å². The minimum Gasteiger partial charge on any atom is -0.490 e. The van der Waals surface area contributed by atoms with Gasteiger partial charge in [-0.2, -0.15) is 0 Å². The van der Waals surface area contributed by atoms with E-state index < -0.39 is 5.60 Å². The van der Waals surface area contributed by atoms with Crippen molar-refractivity contribution >= 4 is 0 Å². The second kappa shape index (κ2) is 7.72. The van der Waals surface area contributed by atoms with Crippen LogP contribution in [0.2, 0.25) is 0 Å². The number of pyridine rings is 1. The minimum atomic E-state index is -0.675. The molecule has 1 N–H and O–H groups in total. The van der Waals surface area contributed by atoms with E-state index >= 15 is 0 Å². The van der Waals surface area contributed by atoms with Crippen LogP contribution in [0, 0.1) is 12.7 Å². The molecule has 0 amide bonds. The average molecular weight is 395 g/mol. The fourth-order valence-electron chi connectivity index (χ4n) is 2.96. The number of aliphatic hydroxyl groups is 1. The van der Waals surface area contributed by atoms with E-state index in [4.69, 9.17) is 9.47 Å². The van der Waals surface area contributed by atoms with Crippen molar-refractivity contribution < 1.29 is 19.0 Å². The van der Waals surface area contributed by atoms with E-state index in [-0.39, 0.29) is 24.6 Å². The summed E-state index contributed by atoms with van der Waals surface area (Å²) >= 11 is 0. The highest BCUT2D eigenvalue weighted by atomic mass is 19.1. The fraction of sp³-hybridized carbons (Fsp3) is 0.261. The second-order valence-electron chi connectivity index (χ2n) is 7.45. The maximum atomic E-state index is 13.0. The van der Waals surface area contributed by atoms with Gasteiger partial charge in [0.15, 0.2) is 0 Å². The van der Waals surface area contributed by atoms with Crippen molar-refractivity contribution in [2.24, 2.45) is 0 Å². The number of hydrogen-bond acceptors (Lipinski definition) is 4. The highest BCUT2D eigenvalue weighted by molar-refractivity contribution is 5.44. The summed E-state index contributed by atoms with van der Waals surface area (Å²) < 4.78 is 25.8. The Balaban J connectivity index is 1.45. The van der Waals surface area contributed by atoms with Crippen molar-refractivity contribution in [2.45, 2.75) is 32.0 Å². The summed E-state index contributed by atoms with van der Waals surface area (Å²) in [7, 11) is 0. The Labute approximate surface area is 168 Å². The van der Waals surface area contributed by atoms with Gasteiger partial charge in [-0.15, -0.1) is 0 Å². The van der Waals surface area contributed by atoms with Gasteiger partial charge in [0.1, 0.15) is 30.5 Å². The van der Waals surface area contributed by atoms with Crippen LogP contribution in [-0.4, -0.2) is 21.9 Å². The van der Waals surface area contributed by atoms with Gasteiger partial charge in [-0.3, -0.25) is 9.36 Å². The van der Waals surface area contributed by atoms with Gasteiger partial charge in [-0.1, -0.05) is 12.1 Å². The molecule has 1 heterocycles. The largest absolute Gasteiger partial charge is 0.490 e. The summed E-state index contributed by atoms with van der Waals surface area (Å²) in [4.78, 5) is 12.5. The normalized spacial score (nSPS) is 14.4. The van der Waals surface area contributed by atoms with Gasteiger partial charge in [0.05, 0.1) is 5.60 Å². The van der Waals surface area contributed by atoms with Gasteiger partial charge >= 0.3 is 0 Å². The van der Waals surface area contributed by atoms with E-state index in [1.54, 1.807) is 30.5 Å². The van der Waals surface area contributed by atoms with Gasteiger partial charge in [0.2, 0.25) is 0 Å². The molecule has 1 fully saturated rings. The lowest BCUT2D eigenvalue weighted by Gasteiger charge is -2.14. The van der Waals surface area contributed by atoms with Gasteiger partial charge < -0.3 is 14.6 Å². The van der Waals surface area contributed by atoms with Gasteiger partial charge in [-0.05, 0) is 67.3 Å². The average Bonchev–Trinajstić information content (AvgIpc) is 3.44. The molecular formula is C23H22FNO4. The minimum absolute atomic E-state index is 0.220. The fourth-order valence-corrected chi connectivity index (χ4v) is 2.96. The molecule has 1 aliphatic rings. The molecule has 0 unspecified atom stereocenters. The van der Waals surface area contributed by atoms with Crippen molar-refractivity contribution in [3.63, 3.8) is 0 Å². The molecule has 3 aromatic rings. The third kappa shape index (κ3) is 4.66. The molecule has 2 aromatic carbocycles. The lowest BCUT2D eigenvalue weighted by atomic mass is 10.2. The zero-order valence-corrected chi connectivity index (χ0v) is 16.1. The van der Waals surface area contributed by atoms with Crippen LogP contribution in [0.4, 0.5) is 4.39 Å². The number of ether oxygens (including phenoxy) is 2. The van der Waals surface area contributed by atoms with Crippen LogP contribution >= 0.6 is 0 Å². The van der Waals surface area contributed by atoms with Crippen LogP contribution in [0.3, 0.4) is 0 Å². The number of aryl methyl sites for hydroxylation is 1. The molecular weight excluding hydrogens is 373 g/mol. The lowest BCUT2D eigenvalue weighted by molar-refractivity contribution is 0.0853. The van der Waals surface area contributed by atoms with E-state index in [1.165, 1.54) is 22.8 Å². The molecule has 0 bridgehead atoms. The zero-order valence-electron chi connectivity index (χ0n) is 16.1. The predicted molar refractivity (Wildman–Crippen MR) is 107 cm³/mol. The number of halogens is 1. The molecule has 0 radical (unpaired) electrons. The Morgan fingerprint density at radius 1 is 1.07 bits per heavy atom. The molecule has 1 aliphatic carbocycles. The van der Waals surface area contributed by atoms with Crippen LogP contribution in [0.5, 0.6) is 11.5 Å². The molecule has 0 spiro atoms. The Bertz CT molecular complexity index is 1070. The molecule has 1 saturated carbocycles. The van der Waals surface area contributed by atoms with E-state index in [2.05, 4.69) is 0 Å². The van der Waals surface area contributed by atoms with Crippen molar-refractivity contribution in [3.05, 3.63) is 88.1 Å². The standard InChI is InChI=1S/C23H22FNO4/c1-16-12-19(6-7-21(16)29-15-23(27)9-10-23)25-11-8-20(13-22(25)26)28-14-17-2-4-18(24)5-3-17/h2-8,11-13,27H,9-10,14-15H2,1H3. The molecule has 0 saturated heterocycles. The van der Waals surface area contributed by atoms with Crippen LogP contribution in [-0.2, 0) is 6.61 Å². The van der Waals surface area contributed by atoms with Crippen molar-refractivity contribution in [3.8, 4) is 17.2 Å². The Hall–Kier alpha value is -3.12. The number of nitrogens with zero attached hydrogens (tertiary/aromatic N) is 1. The number of benzene rings is 2. The van der Waals surface area contributed by atoms with Crippen LogP contribution in [0.15, 0.2) is 65.6 Å². The Morgan fingerprint density at radius 3 is 2.48 bits per heavy atom. The van der Waals surface area contributed by atoms with E-state index in [0.717, 1.165) is 29.7 Å². The van der Waals surface area contributed by atoms with Crippen LogP contribution in [0.1, 0.15) is 24.0 Å². The highest BCUT2D eigenvalue weighted by Gasteiger charge is 2.41. The Kier molecular flexibility index (Phi) is 5.11. The van der Waals surface area contributed by atoms with Gasteiger partial charge in [-0.25, -0.2) is 4.39 Å². The molecule has 6 heteroatoms. The summed E-state index contributed by atoms with van der Waals surface area (Å²) in [5.74, 6) is 0.845. The van der Waals surface area contributed by atoms with E-state index in [9.17, 15) is 14.3 Å². The predicted octanol–water partition coefficient (Wildman–Crippen LogP) is 3.77. The lowest BCUT2D eigenvalue weighted by Crippen LogP contribution is -2.19. The molecule has 150 valence electrons. The summed E-state index contributed by atoms with van der Waals surface area (Å²) in [6, 6.07) is 14.7.